The highest BCUT2D eigenvalue weighted by molar-refractivity contribution is 5.30. The van der Waals surface area contributed by atoms with Crippen molar-refractivity contribution in [2.45, 2.75) is 37.6 Å². The molecule has 0 N–H and O–H groups in total. The van der Waals surface area contributed by atoms with Crippen LogP contribution in [-0.2, 0) is 9.47 Å². The van der Waals surface area contributed by atoms with E-state index >= 15 is 0 Å². The zero-order valence-corrected chi connectivity index (χ0v) is 12.5. The number of allylic oxidation sites excluding steroid dienone is 2. The van der Waals surface area contributed by atoms with E-state index in [0.717, 1.165) is 18.4 Å². The van der Waals surface area contributed by atoms with E-state index in [1.165, 1.54) is 0 Å². The van der Waals surface area contributed by atoms with Crippen LogP contribution in [-0.4, -0.2) is 30.4 Å². The summed E-state index contributed by atoms with van der Waals surface area (Å²) in [6.45, 7) is 2.61. The van der Waals surface area contributed by atoms with E-state index in [1.54, 1.807) is 7.11 Å². The summed E-state index contributed by atoms with van der Waals surface area (Å²) < 4.78 is 11.8. The summed E-state index contributed by atoms with van der Waals surface area (Å²) in [5, 5.41) is 9.44. The predicted molar refractivity (Wildman–Crippen MR) is 79.1 cm³/mol. The van der Waals surface area contributed by atoms with Gasteiger partial charge in [0.15, 0.2) is 0 Å². The Morgan fingerprint density at radius 3 is 2.86 bits per heavy atom. The number of rotatable bonds is 3. The van der Waals surface area contributed by atoms with Gasteiger partial charge in [0.25, 0.3) is 0 Å². The van der Waals surface area contributed by atoms with Crippen LogP contribution < -0.4 is 0 Å². The summed E-state index contributed by atoms with van der Waals surface area (Å²) >= 11 is 0. The van der Waals surface area contributed by atoms with Gasteiger partial charge in [0.1, 0.15) is 23.6 Å². The molecule has 3 atom stereocenters. The van der Waals surface area contributed by atoms with Crippen LogP contribution in [0.4, 0.5) is 0 Å². The number of hydrogen-bond acceptors (Lipinski definition) is 4. The molecule has 2 aliphatic heterocycles. The van der Waals surface area contributed by atoms with E-state index in [1.807, 2.05) is 24.3 Å². The van der Waals surface area contributed by atoms with Gasteiger partial charge in [-0.15, -0.1) is 0 Å². The van der Waals surface area contributed by atoms with Gasteiger partial charge in [-0.05, 0) is 31.4 Å². The zero-order valence-electron chi connectivity index (χ0n) is 12.5. The molecule has 3 rings (SSSR count). The molecule has 1 aromatic rings. The average Bonchev–Trinajstić information content (AvgIpc) is 2.81. The van der Waals surface area contributed by atoms with Crippen LogP contribution in [0.3, 0.4) is 0 Å². The Balaban J connectivity index is 2.01. The third-order valence-electron chi connectivity index (χ3n) is 4.36. The molecule has 0 spiro atoms. The van der Waals surface area contributed by atoms with Crippen molar-refractivity contribution in [2.24, 2.45) is 0 Å². The molecule has 0 saturated carbocycles. The van der Waals surface area contributed by atoms with Crippen LogP contribution in [0.15, 0.2) is 42.1 Å². The lowest BCUT2D eigenvalue weighted by Crippen LogP contribution is -2.48. The molecule has 1 fully saturated rings. The lowest BCUT2D eigenvalue weighted by Gasteiger charge is -2.40. The average molecular weight is 284 g/mol. The minimum absolute atomic E-state index is 0.0219. The molecule has 0 radical (unpaired) electrons. The molecule has 0 aromatic heterocycles. The molecule has 0 bridgehead atoms. The van der Waals surface area contributed by atoms with E-state index in [4.69, 9.17) is 9.47 Å². The molecule has 0 unspecified atom stereocenters. The number of fused-ring (bicyclic) bond motifs is 1. The summed E-state index contributed by atoms with van der Waals surface area (Å²) in [4.78, 5) is 2.11. The summed E-state index contributed by atoms with van der Waals surface area (Å²) in [6, 6.07) is 12.5. The zero-order chi connectivity index (χ0) is 14.9. The first-order valence-corrected chi connectivity index (χ1v) is 7.31. The number of hydrogen-bond donors (Lipinski definition) is 0. The van der Waals surface area contributed by atoms with Gasteiger partial charge in [-0.2, -0.15) is 5.26 Å². The van der Waals surface area contributed by atoms with E-state index < -0.39 is 5.72 Å². The molecule has 0 amide bonds. The smallest absolute Gasteiger partial charge is 0.140 e. The maximum Gasteiger partial charge on any atom is 0.140 e. The number of nitriles is 1. The van der Waals surface area contributed by atoms with Gasteiger partial charge in [0.05, 0.1) is 12.6 Å². The minimum atomic E-state index is -0.427. The molecule has 21 heavy (non-hydrogen) atoms. The van der Waals surface area contributed by atoms with Crippen molar-refractivity contribution in [1.29, 1.82) is 5.26 Å². The highest BCUT2D eigenvalue weighted by Gasteiger charge is 2.52. The number of methoxy groups -OCH3 is 1. The Morgan fingerprint density at radius 2 is 2.19 bits per heavy atom. The SMILES string of the molecule is COC[C@H]1[C@H](c2ccccc2)O[C@]2(C)CCC=C(C#N)N12. The molecule has 4 nitrogen and oxygen atoms in total. The van der Waals surface area contributed by atoms with Gasteiger partial charge >= 0.3 is 0 Å². The maximum absolute atomic E-state index is 9.44. The van der Waals surface area contributed by atoms with E-state index in [-0.39, 0.29) is 12.1 Å². The van der Waals surface area contributed by atoms with Gasteiger partial charge in [0, 0.05) is 7.11 Å². The van der Waals surface area contributed by atoms with Crippen molar-refractivity contribution in [3.63, 3.8) is 0 Å². The highest BCUT2D eigenvalue weighted by atomic mass is 16.5. The summed E-state index contributed by atoms with van der Waals surface area (Å²) in [5.41, 5.74) is 1.40. The molecule has 110 valence electrons. The first-order valence-electron chi connectivity index (χ1n) is 7.31. The van der Waals surface area contributed by atoms with Gasteiger partial charge in [-0.25, -0.2) is 0 Å². The van der Waals surface area contributed by atoms with Crippen molar-refractivity contribution in [2.75, 3.05) is 13.7 Å². The fourth-order valence-electron chi connectivity index (χ4n) is 3.45. The summed E-state index contributed by atoms with van der Waals surface area (Å²) in [5.74, 6) is 0. The van der Waals surface area contributed by atoms with E-state index in [9.17, 15) is 5.26 Å². The topological polar surface area (TPSA) is 45.5 Å². The van der Waals surface area contributed by atoms with Crippen LogP contribution in [0.2, 0.25) is 0 Å². The van der Waals surface area contributed by atoms with Gasteiger partial charge in [-0.3, -0.25) is 0 Å². The fraction of sp³-hybridized carbons (Fsp3) is 0.471. The Hall–Kier alpha value is -1.83. The Kier molecular flexibility index (Phi) is 3.71. The first-order chi connectivity index (χ1) is 10.2. The maximum atomic E-state index is 9.44. The molecule has 1 saturated heterocycles. The quantitative estimate of drug-likeness (QED) is 0.856. The van der Waals surface area contributed by atoms with Crippen molar-refractivity contribution >= 4 is 0 Å². The van der Waals surface area contributed by atoms with Crippen LogP contribution in [0.25, 0.3) is 0 Å². The van der Waals surface area contributed by atoms with Crippen LogP contribution in [0.5, 0.6) is 0 Å². The summed E-state index contributed by atoms with van der Waals surface area (Å²) in [7, 11) is 1.69. The van der Waals surface area contributed by atoms with Crippen molar-refractivity contribution in [1.82, 2.24) is 4.90 Å². The summed E-state index contributed by atoms with van der Waals surface area (Å²) in [6.07, 6.45) is 3.69. The Labute approximate surface area is 125 Å². The van der Waals surface area contributed by atoms with Crippen molar-refractivity contribution in [3.05, 3.63) is 47.7 Å². The van der Waals surface area contributed by atoms with Gasteiger partial charge < -0.3 is 14.4 Å². The third kappa shape index (κ3) is 2.33. The molecule has 0 aliphatic carbocycles. The first kappa shape index (κ1) is 14.1. The third-order valence-corrected chi connectivity index (χ3v) is 4.36. The molecule has 4 heteroatoms. The second kappa shape index (κ2) is 5.51. The lowest BCUT2D eigenvalue weighted by atomic mass is 9.98. The highest BCUT2D eigenvalue weighted by Crippen LogP contribution is 2.47. The Morgan fingerprint density at radius 1 is 1.43 bits per heavy atom. The van der Waals surface area contributed by atoms with Crippen LogP contribution in [0.1, 0.15) is 31.4 Å². The van der Waals surface area contributed by atoms with Gasteiger partial charge in [-0.1, -0.05) is 30.3 Å². The standard InChI is InChI=1S/C17H20N2O2/c1-17-10-6-9-14(11-18)19(17)15(12-20-2)16(21-17)13-7-4-3-5-8-13/h3-5,7-9,15-16H,6,10,12H2,1-2H3/t15-,16-,17+/m0/s1. The normalized spacial score (nSPS) is 31.5. The predicted octanol–water partition coefficient (Wildman–Crippen LogP) is 2.99. The lowest BCUT2D eigenvalue weighted by molar-refractivity contribution is -0.0883. The van der Waals surface area contributed by atoms with Crippen LogP contribution in [0, 0.1) is 11.3 Å². The molecule has 1 aromatic carbocycles. The monoisotopic (exact) mass is 284 g/mol. The van der Waals surface area contributed by atoms with Crippen molar-refractivity contribution in [3.8, 4) is 6.07 Å². The Bertz CT molecular complexity index is 578. The second-order valence-electron chi connectivity index (χ2n) is 5.76. The molecular weight excluding hydrogens is 264 g/mol. The van der Waals surface area contributed by atoms with E-state index in [2.05, 4.69) is 30.0 Å². The second-order valence-corrected chi connectivity index (χ2v) is 5.76. The minimum Gasteiger partial charge on any atom is -0.382 e. The van der Waals surface area contributed by atoms with Gasteiger partial charge in [0.2, 0.25) is 0 Å². The number of nitrogens with zero attached hydrogens (tertiary/aromatic N) is 2. The number of benzene rings is 1. The largest absolute Gasteiger partial charge is 0.382 e. The van der Waals surface area contributed by atoms with Crippen molar-refractivity contribution < 1.29 is 9.47 Å². The van der Waals surface area contributed by atoms with E-state index in [0.29, 0.717) is 12.3 Å². The van der Waals surface area contributed by atoms with Crippen LogP contribution >= 0.6 is 0 Å². The molecule has 2 aliphatic rings. The number of ether oxygens (including phenoxy) is 2. The molecular formula is C17H20N2O2. The fourth-order valence-corrected chi connectivity index (χ4v) is 3.45. The molecule has 2 heterocycles.